The maximum atomic E-state index is 10.4. The normalized spacial score (nSPS) is 9.93. The second-order valence-electron chi connectivity index (χ2n) is 2.42. The third kappa shape index (κ3) is 1.84. The quantitative estimate of drug-likeness (QED) is 0.321. The minimum Gasteiger partial charge on any atom is -0.323 e. The first-order valence-corrected chi connectivity index (χ1v) is 3.61. The lowest BCUT2D eigenvalue weighted by Gasteiger charge is -1.95. The van der Waals surface area contributed by atoms with Crippen molar-refractivity contribution < 1.29 is 4.92 Å². The molecule has 6 heteroatoms. The molecule has 0 unspecified atom stereocenters. The predicted octanol–water partition coefficient (Wildman–Crippen LogP) is 0.759. The molecule has 0 aliphatic rings. The highest BCUT2D eigenvalue weighted by atomic mass is 16.6. The standard InChI is InChI=1S/C8H6N4O2/c9-4-7-3-6(5-11-10)1-2-8(7)12(13)14/h1-3,5H,10H2. The molecule has 0 saturated carbocycles. The minimum absolute atomic E-state index is 0.00704. The van der Waals surface area contributed by atoms with Crippen molar-refractivity contribution in [1.82, 2.24) is 0 Å². The number of hydrazone groups is 1. The van der Waals surface area contributed by atoms with Gasteiger partial charge in [-0.05, 0) is 17.7 Å². The van der Waals surface area contributed by atoms with Crippen LogP contribution in [0.3, 0.4) is 0 Å². The summed E-state index contributed by atoms with van der Waals surface area (Å²) in [5.74, 6) is 4.90. The zero-order valence-electron chi connectivity index (χ0n) is 7.04. The minimum atomic E-state index is -0.609. The van der Waals surface area contributed by atoms with Crippen LogP contribution < -0.4 is 5.84 Å². The van der Waals surface area contributed by atoms with E-state index in [1.54, 1.807) is 6.07 Å². The zero-order chi connectivity index (χ0) is 10.6. The van der Waals surface area contributed by atoms with Crippen molar-refractivity contribution in [3.63, 3.8) is 0 Å². The highest BCUT2D eigenvalue weighted by Gasteiger charge is 2.12. The molecule has 2 N–H and O–H groups in total. The summed E-state index contributed by atoms with van der Waals surface area (Å²) >= 11 is 0. The van der Waals surface area contributed by atoms with E-state index in [0.29, 0.717) is 5.56 Å². The molecule has 0 aliphatic heterocycles. The van der Waals surface area contributed by atoms with Crippen molar-refractivity contribution in [3.8, 4) is 6.07 Å². The smallest absolute Gasteiger partial charge is 0.287 e. The molecule has 0 spiro atoms. The molecule has 0 saturated heterocycles. The number of hydrogen-bond acceptors (Lipinski definition) is 5. The first-order valence-electron chi connectivity index (χ1n) is 3.61. The van der Waals surface area contributed by atoms with Gasteiger partial charge in [0.05, 0.1) is 11.1 Å². The van der Waals surface area contributed by atoms with Crippen LogP contribution in [0.4, 0.5) is 5.69 Å². The second-order valence-corrected chi connectivity index (χ2v) is 2.42. The Bertz CT molecular complexity index is 433. The van der Waals surface area contributed by atoms with Crippen LogP contribution in [0.15, 0.2) is 23.3 Å². The largest absolute Gasteiger partial charge is 0.323 e. The van der Waals surface area contributed by atoms with E-state index in [1.165, 1.54) is 24.4 Å². The fourth-order valence-electron chi connectivity index (χ4n) is 0.969. The van der Waals surface area contributed by atoms with Gasteiger partial charge in [-0.1, -0.05) is 0 Å². The summed E-state index contributed by atoms with van der Waals surface area (Å²) in [5.41, 5.74) is 0.323. The molecule has 0 radical (unpaired) electrons. The lowest BCUT2D eigenvalue weighted by Crippen LogP contribution is -1.94. The first-order chi connectivity index (χ1) is 6.69. The Labute approximate surface area is 79.4 Å². The summed E-state index contributed by atoms with van der Waals surface area (Å²) in [5, 5.41) is 22.3. The van der Waals surface area contributed by atoms with Crippen LogP contribution in [0.5, 0.6) is 0 Å². The topological polar surface area (TPSA) is 105 Å². The average Bonchev–Trinajstić information content (AvgIpc) is 2.17. The lowest BCUT2D eigenvalue weighted by atomic mass is 10.1. The maximum absolute atomic E-state index is 10.4. The molecule has 0 aliphatic carbocycles. The van der Waals surface area contributed by atoms with Gasteiger partial charge in [0.1, 0.15) is 11.6 Å². The van der Waals surface area contributed by atoms with Gasteiger partial charge in [0.25, 0.3) is 5.69 Å². The summed E-state index contributed by atoms with van der Waals surface area (Å²) in [7, 11) is 0. The highest BCUT2D eigenvalue weighted by Crippen LogP contribution is 2.17. The van der Waals surface area contributed by atoms with Gasteiger partial charge in [-0.15, -0.1) is 0 Å². The molecule has 14 heavy (non-hydrogen) atoms. The molecule has 1 aromatic rings. The molecule has 0 atom stereocenters. The van der Waals surface area contributed by atoms with Crippen LogP contribution in [0.25, 0.3) is 0 Å². The van der Waals surface area contributed by atoms with Gasteiger partial charge in [-0.2, -0.15) is 10.4 Å². The summed E-state index contributed by atoms with van der Waals surface area (Å²) in [6.07, 6.45) is 1.31. The van der Waals surface area contributed by atoms with Gasteiger partial charge in [0.15, 0.2) is 0 Å². The van der Waals surface area contributed by atoms with Crippen molar-refractivity contribution in [1.29, 1.82) is 5.26 Å². The number of hydrogen-bond donors (Lipinski definition) is 1. The number of benzene rings is 1. The molecule has 0 heterocycles. The Morgan fingerprint density at radius 1 is 1.64 bits per heavy atom. The molecule has 6 nitrogen and oxygen atoms in total. The predicted molar refractivity (Wildman–Crippen MR) is 49.6 cm³/mol. The van der Waals surface area contributed by atoms with Gasteiger partial charge in [0.2, 0.25) is 0 Å². The Morgan fingerprint density at radius 2 is 2.36 bits per heavy atom. The Morgan fingerprint density at radius 3 is 2.86 bits per heavy atom. The Balaban J connectivity index is 3.27. The van der Waals surface area contributed by atoms with Crippen molar-refractivity contribution >= 4 is 11.9 Å². The van der Waals surface area contributed by atoms with Crippen molar-refractivity contribution in [3.05, 3.63) is 39.4 Å². The van der Waals surface area contributed by atoms with E-state index in [4.69, 9.17) is 11.1 Å². The SMILES string of the molecule is N#Cc1cc(C=NN)ccc1[N+](=O)[O-]. The van der Waals surface area contributed by atoms with Crippen LogP contribution in [-0.2, 0) is 0 Å². The van der Waals surface area contributed by atoms with Gasteiger partial charge in [-0.3, -0.25) is 10.1 Å². The summed E-state index contributed by atoms with van der Waals surface area (Å²) < 4.78 is 0. The molecular weight excluding hydrogens is 184 g/mol. The van der Waals surface area contributed by atoms with Crippen LogP contribution in [0, 0.1) is 21.4 Å². The maximum Gasteiger partial charge on any atom is 0.287 e. The molecule has 1 aromatic carbocycles. The number of nitrogens with two attached hydrogens (primary N) is 1. The van der Waals surface area contributed by atoms with Crippen molar-refractivity contribution in [2.45, 2.75) is 0 Å². The number of nitrogens with zero attached hydrogens (tertiary/aromatic N) is 3. The van der Waals surface area contributed by atoms with E-state index in [0.717, 1.165) is 0 Å². The third-order valence-corrected chi connectivity index (χ3v) is 1.56. The molecule has 0 aromatic heterocycles. The van der Waals surface area contributed by atoms with Gasteiger partial charge < -0.3 is 5.84 Å². The zero-order valence-corrected chi connectivity index (χ0v) is 7.04. The summed E-state index contributed by atoms with van der Waals surface area (Å²) in [6.45, 7) is 0. The lowest BCUT2D eigenvalue weighted by molar-refractivity contribution is -0.385. The van der Waals surface area contributed by atoms with Gasteiger partial charge >= 0.3 is 0 Å². The fraction of sp³-hybridized carbons (Fsp3) is 0. The van der Waals surface area contributed by atoms with E-state index in [9.17, 15) is 10.1 Å². The van der Waals surface area contributed by atoms with Crippen molar-refractivity contribution in [2.75, 3.05) is 0 Å². The number of nitro benzene ring substituents is 1. The molecule has 0 amide bonds. The van der Waals surface area contributed by atoms with Crippen LogP contribution >= 0.6 is 0 Å². The average molecular weight is 190 g/mol. The number of nitro groups is 1. The van der Waals surface area contributed by atoms with Crippen molar-refractivity contribution in [2.24, 2.45) is 10.9 Å². The molecule has 1 rings (SSSR count). The summed E-state index contributed by atoms with van der Waals surface area (Å²) in [6, 6.07) is 5.80. The number of nitriles is 1. The van der Waals surface area contributed by atoms with E-state index >= 15 is 0 Å². The van der Waals surface area contributed by atoms with Crippen LogP contribution in [0.2, 0.25) is 0 Å². The van der Waals surface area contributed by atoms with E-state index < -0.39 is 4.92 Å². The Kier molecular flexibility index (Phi) is 2.76. The van der Waals surface area contributed by atoms with Crippen LogP contribution in [-0.4, -0.2) is 11.1 Å². The van der Waals surface area contributed by atoms with E-state index in [2.05, 4.69) is 5.10 Å². The van der Waals surface area contributed by atoms with Gasteiger partial charge in [0, 0.05) is 6.07 Å². The molecule has 70 valence electrons. The third-order valence-electron chi connectivity index (χ3n) is 1.56. The van der Waals surface area contributed by atoms with Crippen LogP contribution in [0.1, 0.15) is 11.1 Å². The van der Waals surface area contributed by atoms with Gasteiger partial charge in [-0.25, -0.2) is 0 Å². The second kappa shape index (κ2) is 4.00. The highest BCUT2D eigenvalue weighted by molar-refractivity contribution is 5.80. The first kappa shape index (κ1) is 9.67. The number of rotatable bonds is 2. The summed E-state index contributed by atoms with van der Waals surface area (Å²) in [4.78, 5) is 9.84. The van der Waals surface area contributed by atoms with E-state index in [1.807, 2.05) is 0 Å². The fourth-order valence-corrected chi connectivity index (χ4v) is 0.969. The monoisotopic (exact) mass is 190 g/mol. The molecular formula is C8H6N4O2. The van der Waals surface area contributed by atoms with E-state index in [-0.39, 0.29) is 11.3 Å². The molecule has 0 bridgehead atoms. The Hall–Kier alpha value is -2.42. The molecule has 0 fully saturated rings.